The van der Waals surface area contributed by atoms with E-state index in [0.717, 1.165) is 12.2 Å². The van der Waals surface area contributed by atoms with Crippen LogP contribution in [-0.4, -0.2) is 58.2 Å². The maximum absolute atomic E-state index is 13.2. The molecule has 0 saturated carbocycles. The molecule has 26 heavy (non-hydrogen) atoms. The van der Waals surface area contributed by atoms with Gasteiger partial charge in [-0.2, -0.15) is 0 Å². The Morgan fingerprint density at radius 2 is 2.00 bits per heavy atom. The number of ether oxygens (including phenoxy) is 1. The average Bonchev–Trinajstić information content (AvgIpc) is 3.02. The molecule has 138 valence electrons. The van der Waals surface area contributed by atoms with Crippen molar-refractivity contribution >= 4 is 11.9 Å². The summed E-state index contributed by atoms with van der Waals surface area (Å²) in [4.78, 5) is 24.8. The lowest BCUT2D eigenvalue weighted by molar-refractivity contribution is -0.136. The molecule has 0 N–H and O–H groups in total. The lowest BCUT2D eigenvalue weighted by atomic mass is 10.0. The van der Waals surface area contributed by atoms with E-state index in [1.165, 1.54) is 12.4 Å². The first-order valence-corrected chi connectivity index (χ1v) is 8.91. The quantitative estimate of drug-likeness (QED) is 0.827. The maximum atomic E-state index is 13.2. The molecular weight excluding hydrogens is 337 g/mol. The lowest BCUT2D eigenvalue weighted by Gasteiger charge is -2.29. The number of nitrogens with zero attached hydrogens (tertiary/aromatic N) is 5. The van der Waals surface area contributed by atoms with Gasteiger partial charge >= 0.3 is 0 Å². The van der Waals surface area contributed by atoms with E-state index in [1.807, 2.05) is 22.1 Å². The van der Waals surface area contributed by atoms with Gasteiger partial charge in [0, 0.05) is 50.4 Å². The Kier molecular flexibility index (Phi) is 4.83. The van der Waals surface area contributed by atoms with Gasteiger partial charge in [0.15, 0.2) is 5.82 Å². The third-order valence-electron chi connectivity index (χ3n) is 4.93. The Morgan fingerprint density at radius 1 is 1.23 bits per heavy atom. The zero-order chi connectivity index (χ0) is 17.9. The number of hydrogen-bond donors (Lipinski definition) is 0. The van der Waals surface area contributed by atoms with Crippen LogP contribution < -0.4 is 4.90 Å². The molecule has 1 fully saturated rings. The molecule has 0 unspecified atom stereocenters. The molecule has 0 aromatic carbocycles. The Labute approximate surface area is 151 Å². The van der Waals surface area contributed by atoms with E-state index in [9.17, 15) is 9.18 Å². The number of anilines is 1. The molecule has 4 heterocycles. The summed E-state index contributed by atoms with van der Waals surface area (Å²) in [5.41, 5.74) is 1.14. The minimum Gasteiger partial charge on any atom is -0.378 e. The van der Waals surface area contributed by atoms with Crippen molar-refractivity contribution in [3.63, 3.8) is 0 Å². The minimum absolute atomic E-state index is 0.132. The summed E-state index contributed by atoms with van der Waals surface area (Å²) in [6.07, 6.45) is 4.87. The Balaban J connectivity index is 1.52. The largest absolute Gasteiger partial charge is 0.378 e. The Bertz CT molecular complexity index is 757. The fraction of sp³-hybridized carbons (Fsp3) is 0.500. The summed E-state index contributed by atoms with van der Waals surface area (Å²) < 4.78 is 20.7. The van der Waals surface area contributed by atoms with Gasteiger partial charge in [-0.05, 0) is 12.1 Å². The van der Waals surface area contributed by atoms with Gasteiger partial charge in [-0.15, -0.1) is 0 Å². The zero-order valence-electron chi connectivity index (χ0n) is 14.6. The van der Waals surface area contributed by atoms with Crippen LogP contribution in [-0.2, 0) is 22.6 Å². The summed E-state index contributed by atoms with van der Waals surface area (Å²) in [6, 6.07) is 4.06. The van der Waals surface area contributed by atoms with Crippen molar-refractivity contribution in [2.75, 3.05) is 37.7 Å². The molecule has 1 amide bonds. The van der Waals surface area contributed by atoms with Gasteiger partial charge in [-0.1, -0.05) is 0 Å². The number of fused-ring (bicyclic) bond motifs is 1. The van der Waals surface area contributed by atoms with Crippen molar-refractivity contribution < 1.29 is 13.9 Å². The summed E-state index contributed by atoms with van der Waals surface area (Å²) in [6.45, 7) is 4.60. The molecule has 0 spiro atoms. The number of carbonyl (C=O) groups is 1. The van der Waals surface area contributed by atoms with E-state index in [1.54, 1.807) is 0 Å². The summed E-state index contributed by atoms with van der Waals surface area (Å²) in [5, 5.41) is 0. The molecule has 7 nitrogen and oxygen atoms in total. The van der Waals surface area contributed by atoms with Crippen molar-refractivity contribution in [1.29, 1.82) is 0 Å². The first kappa shape index (κ1) is 17.0. The van der Waals surface area contributed by atoms with Gasteiger partial charge in [-0.25, -0.2) is 14.4 Å². The summed E-state index contributed by atoms with van der Waals surface area (Å²) in [5.74, 6) is 0.331. The smallest absolute Gasteiger partial charge is 0.225 e. The standard InChI is InChI=1S/C18H22FN5O2/c19-15-9-20-18(21-10-15)24-12-14(11-23-3-1-2-16(23)13-24)8-17(25)22-4-6-26-7-5-22/h1-3,9-10,14H,4-8,11-13H2/t14-/m1/s1. The number of carbonyl (C=O) groups excluding carboxylic acids is 1. The van der Waals surface area contributed by atoms with Crippen molar-refractivity contribution in [1.82, 2.24) is 19.4 Å². The summed E-state index contributed by atoms with van der Waals surface area (Å²) >= 11 is 0. The van der Waals surface area contributed by atoms with Crippen LogP contribution in [0.1, 0.15) is 12.1 Å². The van der Waals surface area contributed by atoms with Gasteiger partial charge in [-0.3, -0.25) is 4.79 Å². The number of rotatable bonds is 3. The highest BCUT2D eigenvalue weighted by Gasteiger charge is 2.27. The van der Waals surface area contributed by atoms with Gasteiger partial charge in [0.25, 0.3) is 0 Å². The topological polar surface area (TPSA) is 63.5 Å². The molecule has 2 aliphatic rings. The summed E-state index contributed by atoms with van der Waals surface area (Å²) in [7, 11) is 0. The SMILES string of the molecule is O=C(C[C@H]1CN(c2ncc(F)cn2)Cc2cccn2C1)N1CCOCC1. The van der Waals surface area contributed by atoms with Crippen LogP contribution >= 0.6 is 0 Å². The van der Waals surface area contributed by atoms with Crippen LogP contribution in [0, 0.1) is 11.7 Å². The normalized spacial score (nSPS) is 20.6. The molecule has 4 rings (SSSR count). The Morgan fingerprint density at radius 3 is 2.77 bits per heavy atom. The maximum Gasteiger partial charge on any atom is 0.225 e. The highest BCUT2D eigenvalue weighted by atomic mass is 19.1. The second-order valence-corrected chi connectivity index (χ2v) is 6.80. The first-order chi connectivity index (χ1) is 12.7. The van der Waals surface area contributed by atoms with E-state index in [4.69, 9.17) is 4.74 Å². The van der Waals surface area contributed by atoms with Crippen molar-refractivity contribution in [3.05, 3.63) is 42.2 Å². The molecule has 0 aliphatic carbocycles. The fourth-order valence-corrected chi connectivity index (χ4v) is 3.62. The second-order valence-electron chi connectivity index (χ2n) is 6.80. The predicted octanol–water partition coefficient (Wildman–Crippen LogP) is 1.30. The van der Waals surface area contributed by atoms with Crippen molar-refractivity contribution in [2.24, 2.45) is 5.92 Å². The monoisotopic (exact) mass is 359 g/mol. The van der Waals surface area contributed by atoms with Gasteiger partial charge in [0.1, 0.15) is 0 Å². The molecule has 0 radical (unpaired) electrons. The number of amides is 1. The highest BCUT2D eigenvalue weighted by molar-refractivity contribution is 5.76. The van der Waals surface area contributed by atoms with Gasteiger partial charge < -0.3 is 19.1 Å². The lowest BCUT2D eigenvalue weighted by Crippen LogP contribution is -2.42. The van der Waals surface area contributed by atoms with E-state index in [2.05, 4.69) is 20.6 Å². The van der Waals surface area contributed by atoms with Gasteiger partial charge in [0.2, 0.25) is 11.9 Å². The van der Waals surface area contributed by atoms with E-state index in [0.29, 0.717) is 51.8 Å². The number of halogens is 1. The van der Waals surface area contributed by atoms with Crippen LogP contribution in [0.2, 0.25) is 0 Å². The van der Waals surface area contributed by atoms with Crippen molar-refractivity contribution in [2.45, 2.75) is 19.5 Å². The van der Waals surface area contributed by atoms with Crippen LogP contribution in [0.15, 0.2) is 30.7 Å². The third kappa shape index (κ3) is 3.70. The zero-order valence-corrected chi connectivity index (χ0v) is 14.6. The number of aromatic nitrogens is 3. The van der Waals surface area contributed by atoms with E-state index < -0.39 is 5.82 Å². The predicted molar refractivity (Wildman–Crippen MR) is 93.0 cm³/mol. The molecule has 2 aromatic rings. The van der Waals surface area contributed by atoms with E-state index >= 15 is 0 Å². The molecule has 0 bridgehead atoms. The van der Waals surface area contributed by atoms with Crippen molar-refractivity contribution in [3.8, 4) is 0 Å². The highest BCUT2D eigenvalue weighted by Crippen LogP contribution is 2.23. The Hall–Kier alpha value is -2.48. The van der Waals surface area contributed by atoms with Crippen LogP contribution in [0.5, 0.6) is 0 Å². The first-order valence-electron chi connectivity index (χ1n) is 8.91. The van der Waals surface area contributed by atoms with Crippen LogP contribution in [0.4, 0.5) is 10.3 Å². The molecule has 8 heteroatoms. The van der Waals surface area contributed by atoms with Crippen LogP contribution in [0.3, 0.4) is 0 Å². The molecule has 1 atom stereocenters. The average molecular weight is 359 g/mol. The van der Waals surface area contributed by atoms with Gasteiger partial charge in [0.05, 0.1) is 32.2 Å². The minimum atomic E-state index is -0.453. The third-order valence-corrected chi connectivity index (χ3v) is 4.93. The molecule has 1 saturated heterocycles. The fourth-order valence-electron chi connectivity index (χ4n) is 3.62. The second kappa shape index (κ2) is 7.41. The molecular formula is C18H22FN5O2. The number of morpholine rings is 1. The molecule has 2 aromatic heterocycles. The van der Waals surface area contributed by atoms with Crippen LogP contribution in [0.25, 0.3) is 0 Å². The number of hydrogen-bond acceptors (Lipinski definition) is 5. The molecule has 2 aliphatic heterocycles. The van der Waals surface area contributed by atoms with E-state index in [-0.39, 0.29) is 11.8 Å².